The van der Waals surface area contributed by atoms with E-state index in [-0.39, 0.29) is 0 Å². The number of rotatable bonds is 1. The zero-order valence-corrected chi connectivity index (χ0v) is 8.36. The van der Waals surface area contributed by atoms with E-state index in [0.717, 1.165) is 10.8 Å². The Morgan fingerprint density at radius 2 is 1.87 bits per heavy atom. The van der Waals surface area contributed by atoms with E-state index in [1.54, 1.807) is 6.07 Å². The van der Waals surface area contributed by atoms with Gasteiger partial charge in [-0.3, -0.25) is 0 Å². The van der Waals surface area contributed by atoms with E-state index in [2.05, 4.69) is 5.32 Å². The zero-order valence-electron chi connectivity index (χ0n) is 8.36. The molecule has 76 valence electrons. The van der Waals surface area contributed by atoms with Crippen LogP contribution in [0, 0.1) is 0 Å². The van der Waals surface area contributed by atoms with Crippen LogP contribution in [0.15, 0.2) is 42.5 Å². The van der Waals surface area contributed by atoms with Gasteiger partial charge in [0.05, 0.1) is 0 Å². The first-order valence-corrected chi connectivity index (χ1v) is 4.68. The van der Waals surface area contributed by atoms with Crippen molar-refractivity contribution in [3.05, 3.63) is 42.5 Å². The highest BCUT2D eigenvalue weighted by molar-refractivity contribution is 5.90. The first kappa shape index (κ1) is 9.52. The summed E-state index contributed by atoms with van der Waals surface area (Å²) in [6.45, 7) is 0. The molecular weight excluding hydrogens is 200 g/mol. The molecule has 1 amide bonds. The largest absolute Gasteiger partial charge is 0.412 e. The molecule has 0 aliphatic rings. The number of amides is 1. The molecule has 3 heteroatoms. The lowest BCUT2D eigenvalue weighted by atomic mass is 11.1. The van der Waals surface area contributed by atoms with E-state index in [1.165, 1.54) is 7.05 Å². The third-order valence-electron chi connectivity index (χ3n) is 2.16. The molecule has 0 aromatic heterocycles. The van der Waals surface area contributed by atoms with Crippen LogP contribution in [0.5, 0.6) is 5.75 Å². The van der Waals surface area contributed by atoms with Gasteiger partial charge in [0, 0.05) is 12.4 Å². The maximum absolute atomic E-state index is 11.1. The second kappa shape index (κ2) is 4.00. The monoisotopic (exact) mass is 211 g/mol. The van der Waals surface area contributed by atoms with Gasteiger partial charge in [0.2, 0.25) is 0 Å². The number of carbonyl (C=O) groups excluding carboxylic acids is 1. The molecule has 0 bridgehead atoms. The summed E-state index contributed by atoms with van der Waals surface area (Å²) in [7, 11) is 1.54. The summed E-state index contributed by atoms with van der Waals surface area (Å²) < 4.78 is 5.13. The summed E-state index contributed by atoms with van der Waals surface area (Å²) in [5.41, 5.74) is 0. The normalized spacial score (nSPS) is 9.93. The van der Waals surface area contributed by atoms with Gasteiger partial charge in [-0.15, -0.1) is 0 Å². The quantitative estimate of drug-likeness (QED) is 0.787. The molecule has 2 rings (SSSR count). The highest BCUT2D eigenvalue weighted by Gasteiger charge is 2.04. The lowest BCUT2D eigenvalue weighted by molar-refractivity contribution is 0.203. The average Bonchev–Trinajstić information content (AvgIpc) is 2.29. The second-order valence-corrected chi connectivity index (χ2v) is 3.12. The molecule has 0 saturated carbocycles. The minimum Gasteiger partial charge on any atom is -0.410 e. The molecule has 0 atom stereocenters. The third kappa shape index (κ3) is 1.91. The summed E-state index contributed by atoms with van der Waals surface area (Å²) in [5.74, 6) is 0.576. The molecule has 2 aromatic rings. The maximum atomic E-state index is 11.1. The van der Waals surface area contributed by atoms with E-state index >= 15 is 0 Å². The minimum atomic E-state index is -0.452. The Bertz CT molecular complexity index is 488. The first-order chi connectivity index (χ1) is 7.31. The Morgan fingerprint density at radius 1 is 1.13 bits per heavy atom. The van der Waals surface area contributed by atoms with Gasteiger partial charge in [-0.25, -0.2) is 4.79 Å². The van der Waals surface area contributed by atoms with Crippen molar-refractivity contribution in [2.24, 2.45) is 0 Å². The van der Waals surface area contributed by atoms with E-state index < -0.39 is 6.09 Å². The molecule has 3 nitrogen and oxygen atoms in total. The summed E-state index contributed by atoms with van der Waals surface area (Å²) in [5, 5.41) is 4.41. The molecule has 0 heterocycles. The van der Waals surface area contributed by atoms with Crippen molar-refractivity contribution < 1.29 is 9.53 Å². The van der Waals surface area contributed by atoms with E-state index in [1.807, 2.05) is 36.4 Å². The van der Waals surface area contributed by atoms with Crippen LogP contribution in [0.25, 0.3) is 10.8 Å². The fourth-order valence-electron chi connectivity index (χ4n) is 1.44. The Labute approximate surface area is 87.7 Å². The summed E-state index contributed by atoms with van der Waals surface area (Å²) in [4.78, 5) is 11.1. The standard InChI is InChI=1S/C12H11NO2/c1-13-12(14)15-11-8-4-6-9-5-2-3-7-10(9)11/h2-8H,1H3,(H,13,14)/i2+1,3+1,4+1,5+1,6+1,7+1,8+1,9+1,10+1,11+1. The summed E-state index contributed by atoms with van der Waals surface area (Å²) >= 11 is 0. The molecule has 0 fully saturated rings. The smallest absolute Gasteiger partial charge is 0.410 e. The Morgan fingerprint density at radius 3 is 2.67 bits per heavy atom. The van der Waals surface area contributed by atoms with Gasteiger partial charge in [0.25, 0.3) is 0 Å². The molecule has 0 unspecified atom stereocenters. The van der Waals surface area contributed by atoms with Gasteiger partial charge >= 0.3 is 6.09 Å². The molecule has 0 saturated heterocycles. The van der Waals surface area contributed by atoms with Gasteiger partial charge < -0.3 is 10.1 Å². The van der Waals surface area contributed by atoms with E-state index in [0.29, 0.717) is 5.75 Å². The topological polar surface area (TPSA) is 38.3 Å². The Balaban J connectivity index is 2.46. The van der Waals surface area contributed by atoms with Gasteiger partial charge in [0.15, 0.2) is 0 Å². The summed E-state index contributed by atoms with van der Waals surface area (Å²) in [6, 6.07) is 13.4. The Kier molecular flexibility index (Phi) is 2.54. The molecule has 1 N–H and O–H groups in total. The van der Waals surface area contributed by atoms with Crippen molar-refractivity contribution in [3.8, 4) is 5.75 Å². The van der Waals surface area contributed by atoms with Crippen molar-refractivity contribution in [2.45, 2.75) is 0 Å². The summed E-state index contributed by atoms with van der Waals surface area (Å²) in [6.07, 6.45) is -0.452. The van der Waals surface area contributed by atoms with Crippen molar-refractivity contribution in [1.29, 1.82) is 0 Å². The van der Waals surface area contributed by atoms with Crippen molar-refractivity contribution in [1.82, 2.24) is 5.32 Å². The molecule has 0 spiro atoms. The molecule has 0 aliphatic carbocycles. The number of fused-ring (bicyclic) bond motifs is 1. The van der Waals surface area contributed by atoms with Crippen LogP contribution in [-0.4, -0.2) is 13.1 Å². The lowest BCUT2D eigenvalue weighted by Gasteiger charge is -2.06. The van der Waals surface area contributed by atoms with Crippen LogP contribution in [0.3, 0.4) is 0 Å². The molecule has 0 aliphatic heterocycles. The fraction of sp³-hybridized carbons (Fsp3) is 0.0833. The highest BCUT2D eigenvalue weighted by Crippen LogP contribution is 2.24. The first-order valence-electron chi connectivity index (χ1n) is 4.68. The zero-order chi connectivity index (χ0) is 10.7. The molecular formula is C12H11NO2. The average molecular weight is 211 g/mol. The predicted octanol–water partition coefficient (Wildman–Crippen LogP) is 2.56. The van der Waals surface area contributed by atoms with Gasteiger partial charge in [-0.1, -0.05) is 36.4 Å². The number of nitrogens with one attached hydrogen (secondary N) is 1. The van der Waals surface area contributed by atoms with Crippen molar-refractivity contribution in [2.75, 3.05) is 7.05 Å². The SMILES string of the molecule is CNC(=O)O[13c]1[13cH][13cH][13cH][13c]2[13cH][13cH][13cH][13cH][13c]12. The molecule has 15 heavy (non-hydrogen) atoms. The number of benzene rings is 2. The van der Waals surface area contributed by atoms with Crippen LogP contribution >= 0.6 is 0 Å². The van der Waals surface area contributed by atoms with E-state index in [4.69, 9.17) is 4.74 Å². The van der Waals surface area contributed by atoms with Crippen molar-refractivity contribution in [3.63, 3.8) is 0 Å². The molecule has 2 aromatic carbocycles. The van der Waals surface area contributed by atoms with Crippen LogP contribution in [0.2, 0.25) is 0 Å². The number of carbonyl (C=O) groups is 1. The van der Waals surface area contributed by atoms with Crippen molar-refractivity contribution >= 4 is 16.9 Å². The molecule has 0 radical (unpaired) electrons. The maximum Gasteiger partial charge on any atom is 0.412 e. The number of hydrogen-bond donors (Lipinski definition) is 1. The predicted molar refractivity (Wildman–Crippen MR) is 59.0 cm³/mol. The lowest BCUT2D eigenvalue weighted by Crippen LogP contribution is -2.22. The Hall–Kier alpha value is -2.03. The fourth-order valence-corrected chi connectivity index (χ4v) is 1.44. The highest BCUT2D eigenvalue weighted by atomic mass is 16.6. The second-order valence-electron chi connectivity index (χ2n) is 3.12. The van der Waals surface area contributed by atoms with Crippen LogP contribution in [-0.2, 0) is 0 Å². The van der Waals surface area contributed by atoms with Crippen LogP contribution in [0.4, 0.5) is 4.79 Å². The number of hydrogen-bond acceptors (Lipinski definition) is 2. The van der Waals surface area contributed by atoms with Crippen LogP contribution in [0.1, 0.15) is 0 Å². The van der Waals surface area contributed by atoms with Gasteiger partial charge in [-0.05, 0) is 11.5 Å². The van der Waals surface area contributed by atoms with Crippen LogP contribution < -0.4 is 10.1 Å². The van der Waals surface area contributed by atoms with Gasteiger partial charge in [-0.2, -0.15) is 0 Å². The van der Waals surface area contributed by atoms with E-state index in [9.17, 15) is 4.79 Å². The minimum absolute atomic E-state index is 0.452. The number of ether oxygens (including phenoxy) is 1. The third-order valence-corrected chi connectivity index (χ3v) is 2.16. The van der Waals surface area contributed by atoms with Gasteiger partial charge in [0.1, 0.15) is 5.75 Å².